The number of rotatable bonds is 7. The van der Waals surface area contributed by atoms with E-state index in [-0.39, 0.29) is 0 Å². The lowest BCUT2D eigenvalue weighted by Gasteiger charge is -2.14. The van der Waals surface area contributed by atoms with E-state index in [1.165, 1.54) is 10.6 Å². The van der Waals surface area contributed by atoms with Gasteiger partial charge in [-0.25, -0.2) is 4.79 Å². The fraction of sp³-hybridized carbons (Fsp3) is 0.259. The molecule has 174 valence electrons. The lowest BCUT2D eigenvalue weighted by molar-refractivity contribution is 0.172. The molecule has 0 saturated carbocycles. The second kappa shape index (κ2) is 9.86. The van der Waals surface area contributed by atoms with Crippen LogP contribution in [0.15, 0.2) is 54.7 Å². The number of benzene rings is 2. The number of hydrogen-bond acceptors (Lipinski definition) is 5. The van der Waals surface area contributed by atoms with Crippen LogP contribution in [0.3, 0.4) is 0 Å². The fourth-order valence-electron chi connectivity index (χ4n) is 3.87. The van der Waals surface area contributed by atoms with Crippen LogP contribution >= 0.6 is 0 Å². The van der Waals surface area contributed by atoms with E-state index in [9.17, 15) is 4.79 Å². The van der Waals surface area contributed by atoms with E-state index in [2.05, 4.69) is 39.6 Å². The third kappa shape index (κ3) is 4.82. The average molecular weight is 457 g/mol. The topological polar surface area (TPSA) is 59.8 Å². The summed E-state index contributed by atoms with van der Waals surface area (Å²) in [5.41, 5.74) is 3.90. The lowest BCUT2D eigenvalue weighted by Crippen LogP contribution is -2.25. The molecule has 0 atom stereocenters. The summed E-state index contributed by atoms with van der Waals surface area (Å²) in [6, 6.07) is 15.7. The van der Waals surface area contributed by atoms with Crippen LogP contribution in [0.2, 0.25) is 0 Å². The second-order valence-corrected chi connectivity index (χ2v) is 8.47. The Morgan fingerprint density at radius 1 is 1.15 bits per heavy atom. The lowest BCUT2D eigenvalue weighted by atomic mass is 10.1. The predicted octanol–water partition coefficient (Wildman–Crippen LogP) is 4.43. The molecule has 2 heterocycles. The molecule has 0 aliphatic carbocycles. The van der Waals surface area contributed by atoms with Gasteiger partial charge >= 0.3 is 6.09 Å². The molecular weight excluding hydrogens is 428 g/mol. The SMILES string of the molecule is C#CCN(C)Cc1cc2cc(OCc3ccc(OC(=O)N(C)C)c4ncccc34)ccc2n1C. The van der Waals surface area contributed by atoms with E-state index in [1.54, 1.807) is 26.4 Å². The van der Waals surface area contributed by atoms with Gasteiger partial charge in [0.25, 0.3) is 0 Å². The van der Waals surface area contributed by atoms with Crippen molar-refractivity contribution < 1.29 is 14.3 Å². The van der Waals surface area contributed by atoms with Crippen LogP contribution in [0.4, 0.5) is 4.79 Å². The normalized spacial score (nSPS) is 11.1. The molecule has 0 radical (unpaired) electrons. The Kier molecular flexibility index (Phi) is 6.71. The Hall–Kier alpha value is -4.02. The van der Waals surface area contributed by atoms with Gasteiger partial charge in [0.15, 0.2) is 5.75 Å². The molecule has 0 fully saturated rings. The quantitative estimate of drug-likeness (QED) is 0.385. The molecule has 7 nitrogen and oxygen atoms in total. The maximum atomic E-state index is 12.0. The van der Waals surface area contributed by atoms with Crippen LogP contribution in [-0.4, -0.2) is 53.1 Å². The van der Waals surface area contributed by atoms with Gasteiger partial charge in [0.05, 0.1) is 6.54 Å². The molecule has 0 unspecified atom stereocenters. The van der Waals surface area contributed by atoms with Gasteiger partial charge < -0.3 is 18.9 Å². The Morgan fingerprint density at radius 3 is 2.74 bits per heavy atom. The van der Waals surface area contributed by atoms with Crippen molar-refractivity contribution in [3.63, 3.8) is 0 Å². The molecule has 2 aromatic heterocycles. The van der Waals surface area contributed by atoms with Crippen LogP contribution < -0.4 is 9.47 Å². The maximum absolute atomic E-state index is 12.0. The average Bonchev–Trinajstić information content (AvgIpc) is 3.12. The van der Waals surface area contributed by atoms with Crippen LogP contribution in [0.25, 0.3) is 21.8 Å². The molecule has 2 aromatic carbocycles. The van der Waals surface area contributed by atoms with Crippen molar-refractivity contribution in [2.75, 3.05) is 27.7 Å². The molecule has 0 bridgehead atoms. The van der Waals surface area contributed by atoms with Crippen LogP contribution in [-0.2, 0) is 20.2 Å². The highest BCUT2D eigenvalue weighted by Gasteiger charge is 2.14. The molecule has 34 heavy (non-hydrogen) atoms. The number of aryl methyl sites for hydroxylation is 1. The van der Waals surface area contributed by atoms with Gasteiger partial charge in [-0.05, 0) is 49.0 Å². The van der Waals surface area contributed by atoms with Crippen molar-refractivity contribution in [1.29, 1.82) is 0 Å². The van der Waals surface area contributed by atoms with E-state index in [1.807, 2.05) is 37.4 Å². The molecule has 4 aromatic rings. The third-order valence-corrected chi connectivity index (χ3v) is 5.69. The summed E-state index contributed by atoms with van der Waals surface area (Å²) in [5, 5.41) is 1.99. The molecule has 0 aliphatic rings. The Balaban J connectivity index is 1.55. The van der Waals surface area contributed by atoms with Crippen molar-refractivity contribution in [1.82, 2.24) is 19.4 Å². The van der Waals surface area contributed by atoms with Crippen molar-refractivity contribution in [2.45, 2.75) is 13.2 Å². The number of pyridine rings is 1. The number of hydrogen-bond donors (Lipinski definition) is 0. The zero-order valence-electron chi connectivity index (χ0n) is 19.9. The summed E-state index contributed by atoms with van der Waals surface area (Å²) in [7, 11) is 7.36. The van der Waals surface area contributed by atoms with Crippen molar-refractivity contribution in [3.05, 3.63) is 66.0 Å². The highest BCUT2D eigenvalue weighted by atomic mass is 16.6. The number of nitrogens with zero attached hydrogens (tertiary/aromatic N) is 4. The molecule has 7 heteroatoms. The van der Waals surface area contributed by atoms with E-state index in [4.69, 9.17) is 15.9 Å². The predicted molar refractivity (Wildman–Crippen MR) is 134 cm³/mol. The molecule has 0 N–H and O–H groups in total. The fourth-order valence-corrected chi connectivity index (χ4v) is 3.87. The number of aromatic nitrogens is 2. The minimum absolute atomic E-state index is 0.361. The van der Waals surface area contributed by atoms with Gasteiger partial charge in [-0.15, -0.1) is 6.42 Å². The Morgan fingerprint density at radius 2 is 1.97 bits per heavy atom. The van der Waals surface area contributed by atoms with Crippen LogP contribution in [0.1, 0.15) is 11.3 Å². The summed E-state index contributed by atoms with van der Waals surface area (Å²) in [6.45, 7) is 1.74. The number of amides is 1. The van der Waals surface area contributed by atoms with Crippen LogP contribution in [0, 0.1) is 12.3 Å². The van der Waals surface area contributed by atoms with E-state index >= 15 is 0 Å². The van der Waals surface area contributed by atoms with E-state index in [0.717, 1.165) is 34.1 Å². The first-order chi connectivity index (χ1) is 16.4. The minimum atomic E-state index is -0.447. The maximum Gasteiger partial charge on any atom is 0.414 e. The molecule has 4 rings (SSSR count). The Bertz CT molecular complexity index is 1380. The summed E-state index contributed by atoms with van der Waals surface area (Å²) in [6.07, 6.45) is 6.67. The molecular formula is C27H28N4O3. The van der Waals surface area contributed by atoms with Gasteiger partial charge in [-0.3, -0.25) is 9.88 Å². The van der Waals surface area contributed by atoms with Gasteiger partial charge in [0.1, 0.15) is 17.9 Å². The minimum Gasteiger partial charge on any atom is -0.489 e. The highest BCUT2D eigenvalue weighted by Crippen LogP contribution is 2.29. The summed E-state index contributed by atoms with van der Waals surface area (Å²) >= 11 is 0. The monoisotopic (exact) mass is 456 g/mol. The van der Waals surface area contributed by atoms with Crippen molar-refractivity contribution in [2.24, 2.45) is 7.05 Å². The zero-order valence-corrected chi connectivity index (χ0v) is 19.9. The summed E-state index contributed by atoms with van der Waals surface area (Å²) in [4.78, 5) is 19.9. The van der Waals surface area contributed by atoms with Crippen LogP contribution in [0.5, 0.6) is 11.5 Å². The third-order valence-electron chi connectivity index (χ3n) is 5.69. The van der Waals surface area contributed by atoms with Crippen molar-refractivity contribution in [3.8, 4) is 23.8 Å². The first-order valence-electron chi connectivity index (χ1n) is 11.0. The van der Waals surface area contributed by atoms with Gasteiger partial charge in [-0.1, -0.05) is 18.1 Å². The first kappa shape index (κ1) is 23.1. The number of terminal acetylenes is 1. The number of fused-ring (bicyclic) bond motifs is 2. The Labute approximate surface area is 199 Å². The second-order valence-electron chi connectivity index (χ2n) is 8.47. The van der Waals surface area contributed by atoms with E-state index in [0.29, 0.717) is 24.4 Å². The molecule has 1 amide bonds. The molecule has 0 spiro atoms. The summed E-state index contributed by atoms with van der Waals surface area (Å²) < 4.78 is 13.8. The largest absolute Gasteiger partial charge is 0.489 e. The summed E-state index contributed by atoms with van der Waals surface area (Å²) in [5.74, 6) is 3.88. The highest BCUT2D eigenvalue weighted by molar-refractivity contribution is 5.89. The number of ether oxygens (including phenoxy) is 2. The standard InChI is InChI=1S/C27H28N4O3/c1-6-14-30(4)17-21-15-20-16-22(10-11-24(20)31(21)5)33-18-19-9-12-25(34-27(32)29(2)3)26-23(19)8-7-13-28-26/h1,7-13,15-16H,14,17-18H2,2-5H3. The van der Waals surface area contributed by atoms with Gasteiger partial charge in [0, 0.05) is 55.9 Å². The molecule has 0 saturated heterocycles. The number of carbonyl (C=O) groups is 1. The van der Waals surface area contributed by atoms with Gasteiger partial charge in [0.2, 0.25) is 0 Å². The first-order valence-corrected chi connectivity index (χ1v) is 11.0. The zero-order chi connectivity index (χ0) is 24.2. The molecule has 0 aliphatic heterocycles. The smallest absolute Gasteiger partial charge is 0.414 e. The number of carbonyl (C=O) groups excluding carboxylic acids is 1. The van der Waals surface area contributed by atoms with E-state index < -0.39 is 6.09 Å². The van der Waals surface area contributed by atoms with Crippen molar-refractivity contribution >= 4 is 27.9 Å². The van der Waals surface area contributed by atoms with Gasteiger partial charge in [-0.2, -0.15) is 0 Å².